The first-order chi connectivity index (χ1) is 11.6. The van der Waals surface area contributed by atoms with Gasteiger partial charge in [-0.3, -0.25) is 10.8 Å². The van der Waals surface area contributed by atoms with E-state index in [-0.39, 0.29) is 35.1 Å². The minimum absolute atomic E-state index is 0. The average molecular weight is 427 g/mol. The van der Waals surface area contributed by atoms with Gasteiger partial charge in [0.2, 0.25) is 0 Å². The Hall–Kier alpha value is -1.60. The number of nitrogens with two attached hydrogens (primary N) is 2. The number of fused-ring (bicyclic) bond motifs is 2. The molecule has 0 aliphatic carbocycles. The number of benzene rings is 3. The number of hydrogen-bond donors (Lipinski definition) is 4. The first-order valence-corrected chi connectivity index (χ1v) is 9.40. The summed E-state index contributed by atoms with van der Waals surface area (Å²) in [5.74, 6) is 1.33. The monoisotopic (exact) mass is 426 g/mol. The molecule has 138 valence electrons. The fourth-order valence-electron chi connectivity index (χ4n) is 2.92. The van der Waals surface area contributed by atoms with Crippen LogP contribution in [0.15, 0.2) is 48.5 Å². The highest BCUT2D eigenvalue weighted by Crippen LogP contribution is 2.36. The van der Waals surface area contributed by atoms with Crippen molar-refractivity contribution in [2.75, 3.05) is 0 Å². The number of hydrogen-bond acceptors (Lipinski definition) is 4. The minimum Gasteiger partial charge on any atom is -0.379 e. The molecular formula is C18H20Cl2N4S2. The maximum absolute atomic E-state index is 7.52. The summed E-state index contributed by atoms with van der Waals surface area (Å²) in [6.07, 6.45) is 0. The van der Waals surface area contributed by atoms with E-state index in [0.29, 0.717) is 11.5 Å². The van der Waals surface area contributed by atoms with E-state index in [1.807, 2.05) is 24.3 Å². The van der Waals surface area contributed by atoms with Crippen molar-refractivity contribution in [1.82, 2.24) is 0 Å². The zero-order valence-corrected chi connectivity index (χ0v) is 17.1. The molecule has 0 saturated carbocycles. The fraction of sp³-hybridized carbons (Fsp3) is 0.111. The summed E-state index contributed by atoms with van der Waals surface area (Å²) in [4.78, 5) is 0. The van der Waals surface area contributed by atoms with Crippen LogP contribution in [-0.2, 0) is 11.5 Å². The van der Waals surface area contributed by atoms with Gasteiger partial charge in [-0.25, -0.2) is 0 Å². The molecular weight excluding hydrogens is 407 g/mol. The molecule has 0 bridgehead atoms. The number of nitrogens with one attached hydrogen (secondary N) is 2. The van der Waals surface area contributed by atoms with Gasteiger partial charge >= 0.3 is 0 Å². The molecule has 0 fully saturated rings. The summed E-state index contributed by atoms with van der Waals surface area (Å²) in [6, 6.07) is 16.6. The summed E-state index contributed by atoms with van der Waals surface area (Å²) in [7, 11) is 0. The lowest BCUT2D eigenvalue weighted by atomic mass is 9.93. The Labute approximate surface area is 173 Å². The molecule has 0 saturated heterocycles. The van der Waals surface area contributed by atoms with Crippen LogP contribution < -0.4 is 11.5 Å². The summed E-state index contributed by atoms with van der Waals surface area (Å²) in [5.41, 5.74) is 13.5. The fourth-order valence-corrected chi connectivity index (χ4v) is 4.14. The third-order valence-electron chi connectivity index (χ3n) is 3.90. The van der Waals surface area contributed by atoms with E-state index in [4.69, 9.17) is 22.3 Å². The molecule has 0 amide bonds. The standard InChI is InChI=1S/C18H18N4S2.2ClH/c19-17(20)23-9-15-11-5-1-2-6-12(11)16(10-24-18(21)22)14-8-4-3-7-13(14)15;;/h1-8H,9-10H2,(H3,19,20)(H3,21,22);2*1H. The Bertz CT molecular complexity index is 814. The van der Waals surface area contributed by atoms with Crippen LogP contribution in [0, 0.1) is 10.8 Å². The van der Waals surface area contributed by atoms with Crippen molar-refractivity contribution in [3.8, 4) is 0 Å². The second-order valence-electron chi connectivity index (χ2n) is 5.35. The molecule has 6 N–H and O–H groups in total. The van der Waals surface area contributed by atoms with Crippen LogP contribution in [-0.4, -0.2) is 10.3 Å². The highest BCUT2D eigenvalue weighted by Gasteiger charge is 2.14. The highest BCUT2D eigenvalue weighted by molar-refractivity contribution is 8.13. The average Bonchev–Trinajstić information content (AvgIpc) is 2.57. The Morgan fingerprint density at radius 3 is 1.15 bits per heavy atom. The van der Waals surface area contributed by atoms with Crippen LogP contribution in [0.1, 0.15) is 11.1 Å². The van der Waals surface area contributed by atoms with Gasteiger partial charge in [0.1, 0.15) is 0 Å². The summed E-state index contributed by atoms with van der Waals surface area (Å²) >= 11 is 2.68. The molecule has 3 rings (SSSR count). The van der Waals surface area contributed by atoms with Gasteiger partial charge in [-0.15, -0.1) is 24.8 Å². The van der Waals surface area contributed by atoms with Crippen LogP contribution in [0.3, 0.4) is 0 Å². The van der Waals surface area contributed by atoms with Gasteiger partial charge in [0.15, 0.2) is 10.3 Å². The Morgan fingerprint density at radius 1 is 0.654 bits per heavy atom. The molecule has 0 heterocycles. The minimum atomic E-state index is 0. The quantitative estimate of drug-likeness (QED) is 0.265. The second-order valence-corrected chi connectivity index (χ2v) is 7.39. The second kappa shape index (κ2) is 9.92. The third-order valence-corrected chi connectivity index (χ3v) is 5.39. The van der Waals surface area contributed by atoms with Crippen molar-refractivity contribution in [1.29, 1.82) is 10.8 Å². The molecule has 0 unspecified atom stereocenters. The maximum atomic E-state index is 7.52. The van der Waals surface area contributed by atoms with Gasteiger partial charge in [-0.05, 0) is 32.7 Å². The summed E-state index contributed by atoms with van der Waals surface area (Å²) in [6.45, 7) is 0. The Balaban J connectivity index is 0.00000169. The van der Waals surface area contributed by atoms with Crippen molar-refractivity contribution in [3.63, 3.8) is 0 Å². The van der Waals surface area contributed by atoms with Gasteiger partial charge < -0.3 is 11.5 Å². The molecule has 0 aromatic heterocycles. The largest absolute Gasteiger partial charge is 0.379 e. The molecule has 3 aromatic carbocycles. The van der Waals surface area contributed by atoms with Crippen LogP contribution in [0.25, 0.3) is 21.5 Å². The zero-order valence-electron chi connectivity index (χ0n) is 13.8. The topological polar surface area (TPSA) is 99.7 Å². The summed E-state index contributed by atoms with van der Waals surface area (Å²) < 4.78 is 0. The lowest BCUT2D eigenvalue weighted by molar-refractivity contribution is 1.45. The maximum Gasteiger partial charge on any atom is 0.151 e. The number of thioether (sulfide) groups is 2. The molecule has 0 aliphatic rings. The molecule has 0 aliphatic heterocycles. The molecule has 0 spiro atoms. The van der Waals surface area contributed by atoms with Crippen molar-refractivity contribution in [3.05, 3.63) is 59.7 Å². The molecule has 4 nitrogen and oxygen atoms in total. The smallest absolute Gasteiger partial charge is 0.151 e. The van der Waals surface area contributed by atoms with Crippen molar-refractivity contribution in [2.24, 2.45) is 11.5 Å². The highest BCUT2D eigenvalue weighted by atomic mass is 35.5. The Kier molecular flexibility index (Phi) is 8.56. The molecule has 8 heteroatoms. The van der Waals surface area contributed by atoms with E-state index in [9.17, 15) is 0 Å². The van der Waals surface area contributed by atoms with Crippen molar-refractivity contribution >= 4 is 80.2 Å². The van der Waals surface area contributed by atoms with E-state index >= 15 is 0 Å². The van der Waals surface area contributed by atoms with Gasteiger partial charge in [0, 0.05) is 11.5 Å². The van der Waals surface area contributed by atoms with E-state index in [0.717, 1.165) is 0 Å². The van der Waals surface area contributed by atoms with Gasteiger partial charge in [0.05, 0.1) is 0 Å². The van der Waals surface area contributed by atoms with Gasteiger partial charge in [-0.2, -0.15) is 0 Å². The predicted octanol–water partition coefficient (Wildman–Crippen LogP) is 5.09. The normalized spacial score (nSPS) is 10.2. The van der Waals surface area contributed by atoms with E-state index < -0.39 is 0 Å². The molecule has 3 aromatic rings. The van der Waals surface area contributed by atoms with Crippen LogP contribution in [0.5, 0.6) is 0 Å². The first-order valence-electron chi connectivity index (χ1n) is 7.42. The molecule has 0 radical (unpaired) electrons. The molecule has 26 heavy (non-hydrogen) atoms. The number of amidine groups is 2. The predicted molar refractivity (Wildman–Crippen MR) is 122 cm³/mol. The third kappa shape index (κ3) is 4.76. The Morgan fingerprint density at radius 2 is 0.923 bits per heavy atom. The van der Waals surface area contributed by atoms with Gasteiger partial charge in [-0.1, -0.05) is 72.1 Å². The van der Waals surface area contributed by atoms with Crippen molar-refractivity contribution in [2.45, 2.75) is 11.5 Å². The number of rotatable bonds is 4. The van der Waals surface area contributed by atoms with E-state index in [2.05, 4.69) is 24.3 Å². The van der Waals surface area contributed by atoms with Crippen molar-refractivity contribution < 1.29 is 0 Å². The number of halogens is 2. The zero-order chi connectivity index (χ0) is 17.1. The molecule has 0 atom stereocenters. The van der Waals surface area contributed by atoms with Gasteiger partial charge in [0.25, 0.3) is 0 Å². The lowest BCUT2D eigenvalue weighted by Crippen LogP contribution is -2.05. The van der Waals surface area contributed by atoms with Crippen LogP contribution >= 0.6 is 48.3 Å². The summed E-state index contributed by atoms with van der Waals surface area (Å²) in [5, 5.41) is 20.0. The van der Waals surface area contributed by atoms with Crippen LogP contribution in [0.4, 0.5) is 0 Å². The van der Waals surface area contributed by atoms with Crippen LogP contribution in [0.2, 0.25) is 0 Å². The van der Waals surface area contributed by atoms with E-state index in [1.54, 1.807) is 0 Å². The van der Waals surface area contributed by atoms with E-state index in [1.165, 1.54) is 56.2 Å². The first kappa shape index (κ1) is 22.4. The SMILES string of the molecule is Cl.Cl.N=C(N)SCc1c2ccccc2c(CSC(=N)N)c2ccccc12. The lowest BCUT2D eigenvalue weighted by Gasteiger charge is -2.16.